The molecule has 0 fully saturated rings. The van der Waals surface area contributed by atoms with E-state index in [4.69, 9.17) is 46.4 Å². The van der Waals surface area contributed by atoms with E-state index in [2.05, 4.69) is 0 Å². The zero-order valence-corrected chi connectivity index (χ0v) is 27.5. The van der Waals surface area contributed by atoms with Crippen molar-refractivity contribution in [3.8, 4) is 11.5 Å². The van der Waals surface area contributed by atoms with Crippen molar-refractivity contribution in [3.05, 3.63) is 44.4 Å². The van der Waals surface area contributed by atoms with E-state index < -0.39 is 11.2 Å². The molecular weight excluding hydrogens is 606 g/mol. The SMILES string of the molecule is CC(C)C(C)(O)CCCSc1cc(Cl)c(O)c(Cl)c1.CCC(O)(CCSc1cc(Cl)c(O)c(Cl)c1)C(C)C. The van der Waals surface area contributed by atoms with E-state index in [-0.39, 0.29) is 43.4 Å². The smallest absolute Gasteiger partial charge is 0.152 e. The number of benzene rings is 2. The lowest BCUT2D eigenvalue weighted by Crippen LogP contribution is -2.34. The molecule has 216 valence electrons. The molecule has 4 N–H and O–H groups in total. The summed E-state index contributed by atoms with van der Waals surface area (Å²) >= 11 is 26.6. The normalized spacial score (nSPS) is 14.7. The average molecular weight is 647 g/mol. The molecule has 0 aliphatic heterocycles. The average Bonchev–Trinajstić information content (AvgIpc) is 2.83. The topological polar surface area (TPSA) is 80.9 Å². The van der Waals surface area contributed by atoms with Crippen LogP contribution in [0.25, 0.3) is 0 Å². The number of hydrogen-bond donors (Lipinski definition) is 4. The summed E-state index contributed by atoms with van der Waals surface area (Å²) in [5, 5.41) is 40.5. The van der Waals surface area contributed by atoms with Crippen LogP contribution in [0.3, 0.4) is 0 Å². The summed E-state index contributed by atoms with van der Waals surface area (Å²) in [7, 11) is 0. The van der Waals surface area contributed by atoms with Crippen molar-refractivity contribution in [3.63, 3.8) is 0 Å². The molecule has 0 saturated heterocycles. The lowest BCUT2D eigenvalue weighted by Gasteiger charge is -2.31. The summed E-state index contributed by atoms with van der Waals surface area (Å²) in [6.07, 6.45) is 3.12. The van der Waals surface area contributed by atoms with E-state index in [0.717, 1.165) is 40.6 Å². The van der Waals surface area contributed by atoms with Gasteiger partial charge < -0.3 is 20.4 Å². The van der Waals surface area contributed by atoms with Crippen molar-refractivity contribution >= 4 is 69.9 Å². The van der Waals surface area contributed by atoms with Crippen molar-refractivity contribution in [2.45, 2.75) is 88.2 Å². The number of thioether (sulfide) groups is 2. The second-order valence-electron chi connectivity index (χ2n) is 10.1. The summed E-state index contributed by atoms with van der Waals surface area (Å²) < 4.78 is 0. The number of aromatic hydroxyl groups is 2. The molecule has 2 atom stereocenters. The molecule has 2 aromatic rings. The van der Waals surface area contributed by atoms with Gasteiger partial charge in [0.1, 0.15) is 0 Å². The van der Waals surface area contributed by atoms with Crippen LogP contribution in [0.5, 0.6) is 11.5 Å². The van der Waals surface area contributed by atoms with Gasteiger partial charge in [0, 0.05) is 15.5 Å². The van der Waals surface area contributed by atoms with E-state index in [1.54, 1.807) is 47.8 Å². The zero-order chi connectivity index (χ0) is 29.3. The summed E-state index contributed by atoms with van der Waals surface area (Å²) in [5.74, 6) is 1.97. The standard InChI is InChI=1S/2C14H20Cl2O2S/c1-9(2)14(3,18)5-4-6-19-10-7-11(15)13(17)12(16)8-10;1-4-14(18,9(2)3)5-6-19-10-7-11(15)13(17)12(16)8-10/h2*7-9,17-18H,4-6H2,1-3H3. The van der Waals surface area contributed by atoms with E-state index in [1.807, 2.05) is 41.5 Å². The summed E-state index contributed by atoms with van der Waals surface area (Å²) in [5.41, 5.74) is -1.25. The van der Waals surface area contributed by atoms with Crippen LogP contribution in [-0.2, 0) is 0 Å². The van der Waals surface area contributed by atoms with Gasteiger partial charge in [0.2, 0.25) is 0 Å². The van der Waals surface area contributed by atoms with Gasteiger partial charge in [0.15, 0.2) is 11.5 Å². The highest BCUT2D eigenvalue weighted by atomic mass is 35.5. The molecule has 38 heavy (non-hydrogen) atoms. The van der Waals surface area contributed by atoms with E-state index in [9.17, 15) is 20.4 Å². The van der Waals surface area contributed by atoms with Gasteiger partial charge in [-0.15, -0.1) is 23.5 Å². The Labute approximate surface area is 256 Å². The minimum absolute atomic E-state index is 0.0737. The highest BCUT2D eigenvalue weighted by molar-refractivity contribution is 7.99. The molecular formula is C28H40Cl4O4S2. The maximum absolute atomic E-state index is 10.4. The quantitative estimate of drug-likeness (QED) is 0.136. The molecule has 0 aliphatic rings. The predicted molar refractivity (Wildman–Crippen MR) is 167 cm³/mol. The Morgan fingerprint density at radius 1 is 0.711 bits per heavy atom. The summed E-state index contributed by atoms with van der Waals surface area (Å²) in [6, 6.07) is 6.78. The van der Waals surface area contributed by atoms with E-state index >= 15 is 0 Å². The van der Waals surface area contributed by atoms with Crippen molar-refractivity contribution in [1.29, 1.82) is 0 Å². The number of phenols is 2. The number of rotatable bonds is 12. The van der Waals surface area contributed by atoms with Gasteiger partial charge >= 0.3 is 0 Å². The van der Waals surface area contributed by atoms with Crippen LogP contribution >= 0.6 is 69.9 Å². The van der Waals surface area contributed by atoms with Crippen LogP contribution in [0.15, 0.2) is 34.1 Å². The number of halogens is 4. The van der Waals surface area contributed by atoms with Crippen molar-refractivity contribution in [2.24, 2.45) is 11.8 Å². The number of phenolic OH excluding ortho intramolecular Hbond substituents is 2. The van der Waals surface area contributed by atoms with Gasteiger partial charge in [0.25, 0.3) is 0 Å². The van der Waals surface area contributed by atoms with Gasteiger partial charge in [-0.05, 0) is 74.5 Å². The second-order valence-corrected chi connectivity index (χ2v) is 14.1. The van der Waals surface area contributed by atoms with Crippen molar-refractivity contribution in [1.82, 2.24) is 0 Å². The lowest BCUT2D eigenvalue weighted by atomic mass is 9.85. The second kappa shape index (κ2) is 16.3. The minimum atomic E-state index is -0.627. The molecule has 0 radical (unpaired) electrons. The molecule has 4 nitrogen and oxygen atoms in total. The molecule has 2 unspecified atom stereocenters. The van der Waals surface area contributed by atoms with Crippen LogP contribution in [-0.4, -0.2) is 43.1 Å². The van der Waals surface area contributed by atoms with Gasteiger partial charge in [-0.25, -0.2) is 0 Å². The van der Waals surface area contributed by atoms with E-state index in [1.165, 1.54) is 0 Å². The fraction of sp³-hybridized carbons (Fsp3) is 0.571. The van der Waals surface area contributed by atoms with Crippen molar-refractivity contribution < 1.29 is 20.4 Å². The molecule has 2 aromatic carbocycles. The highest BCUT2D eigenvalue weighted by Crippen LogP contribution is 2.38. The molecule has 0 bridgehead atoms. The first kappa shape index (κ1) is 35.8. The monoisotopic (exact) mass is 644 g/mol. The maximum Gasteiger partial charge on any atom is 0.152 e. The molecule has 0 amide bonds. The van der Waals surface area contributed by atoms with Crippen LogP contribution in [0.1, 0.15) is 67.2 Å². The summed E-state index contributed by atoms with van der Waals surface area (Å²) in [6.45, 7) is 12.0. The molecule has 0 heterocycles. The molecule has 0 spiro atoms. The van der Waals surface area contributed by atoms with Gasteiger partial charge in [-0.2, -0.15) is 0 Å². The number of aliphatic hydroxyl groups is 2. The highest BCUT2D eigenvalue weighted by Gasteiger charge is 2.28. The fourth-order valence-electron chi connectivity index (χ4n) is 3.38. The van der Waals surface area contributed by atoms with Gasteiger partial charge in [-0.3, -0.25) is 0 Å². The minimum Gasteiger partial charge on any atom is -0.505 e. The third-order valence-corrected chi connectivity index (χ3v) is 10.0. The Morgan fingerprint density at radius 2 is 1.11 bits per heavy atom. The van der Waals surface area contributed by atoms with Gasteiger partial charge in [-0.1, -0.05) is 81.0 Å². The molecule has 0 aromatic heterocycles. The molecule has 0 aliphatic carbocycles. The van der Waals surface area contributed by atoms with Crippen LogP contribution in [0, 0.1) is 11.8 Å². The Bertz CT molecular complexity index is 988. The Kier molecular flexibility index (Phi) is 15.4. The number of hydrogen-bond acceptors (Lipinski definition) is 6. The van der Waals surface area contributed by atoms with Gasteiger partial charge in [0.05, 0.1) is 31.3 Å². The molecule has 2 rings (SSSR count). The Hall–Kier alpha value is -0.180. The Morgan fingerprint density at radius 3 is 1.45 bits per heavy atom. The first-order chi connectivity index (χ1) is 17.5. The van der Waals surface area contributed by atoms with Crippen LogP contribution in [0.2, 0.25) is 20.1 Å². The van der Waals surface area contributed by atoms with E-state index in [0.29, 0.717) is 6.42 Å². The van der Waals surface area contributed by atoms with Crippen LogP contribution in [0.4, 0.5) is 0 Å². The Balaban J connectivity index is 0.000000380. The first-order valence-corrected chi connectivity index (χ1v) is 16.1. The largest absolute Gasteiger partial charge is 0.505 e. The lowest BCUT2D eigenvalue weighted by molar-refractivity contribution is -0.0110. The fourth-order valence-corrected chi connectivity index (χ4v) is 6.63. The third kappa shape index (κ3) is 11.4. The predicted octanol–water partition coefficient (Wildman–Crippen LogP) is 9.96. The van der Waals surface area contributed by atoms with Crippen LogP contribution < -0.4 is 0 Å². The third-order valence-electron chi connectivity index (χ3n) is 6.81. The first-order valence-electron chi connectivity index (χ1n) is 12.6. The molecule has 0 saturated carbocycles. The van der Waals surface area contributed by atoms with Crippen molar-refractivity contribution in [2.75, 3.05) is 11.5 Å². The molecule has 10 heteroatoms. The maximum atomic E-state index is 10.4. The zero-order valence-electron chi connectivity index (χ0n) is 22.8. The summed E-state index contributed by atoms with van der Waals surface area (Å²) in [4.78, 5) is 1.83.